The molecule has 0 aliphatic heterocycles. The predicted octanol–water partition coefficient (Wildman–Crippen LogP) is 2.93. The number of carbonyl (C=O) groups is 1. The van der Waals surface area contributed by atoms with Crippen molar-refractivity contribution in [2.45, 2.75) is 44.8 Å². The summed E-state index contributed by atoms with van der Waals surface area (Å²) in [6.45, 7) is 1.46. The van der Waals surface area contributed by atoms with Crippen LogP contribution in [0.3, 0.4) is 0 Å². The summed E-state index contributed by atoms with van der Waals surface area (Å²) in [5, 5.41) is 3.43. The number of methoxy groups -OCH3 is 2. The van der Waals surface area contributed by atoms with Gasteiger partial charge in [-0.1, -0.05) is 0 Å². The quantitative estimate of drug-likeness (QED) is 0.834. The molecular formula is C18H23N3O4. The molecule has 0 unspecified atom stereocenters. The van der Waals surface area contributed by atoms with E-state index in [1.165, 1.54) is 6.92 Å². The molecule has 1 aliphatic carbocycles. The van der Waals surface area contributed by atoms with E-state index in [0.29, 0.717) is 17.5 Å². The summed E-state index contributed by atoms with van der Waals surface area (Å²) < 4.78 is 15.9. The van der Waals surface area contributed by atoms with Crippen LogP contribution in [0.5, 0.6) is 11.5 Å². The number of carbonyl (C=O) groups excluding carboxylic acids is 1. The molecule has 1 fully saturated rings. The van der Waals surface area contributed by atoms with Gasteiger partial charge in [-0.2, -0.15) is 0 Å². The number of aromatic nitrogens is 2. The van der Waals surface area contributed by atoms with Crippen LogP contribution in [-0.4, -0.2) is 42.3 Å². The number of nitrogens with zero attached hydrogens (tertiary/aromatic N) is 2. The molecule has 1 saturated carbocycles. The summed E-state index contributed by atoms with van der Waals surface area (Å²) in [5.41, 5.74) is 1.50. The zero-order valence-electron chi connectivity index (χ0n) is 14.7. The van der Waals surface area contributed by atoms with Crippen LogP contribution < -0.4 is 14.8 Å². The van der Waals surface area contributed by atoms with Crippen molar-refractivity contribution in [1.82, 2.24) is 9.97 Å². The Labute approximate surface area is 146 Å². The summed E-state index contributed by atoms with van der Waals surface area (Å²) in [6.07, 6.45) is 5.36. The molecule has 0 radical (unpaired) electrons. The molecule has 0 bridgehead atoms. The van der Waals surface area contributed by atoms with Crippen LogP contribution >= 0.6 is 0 Å². The van der Waals surface area contributed by atoms with E-state index in [1.54, 1.807) is 20.4 Å². The Balaban J connectivity index is 1.69. The number of hydrogen-bond donors (Lipinski definition) is 1. The van der Waals surface area contributed by atoms with Crippen molar-refractivity contribution < 1.29 is 19.0 Å². The average Bonchev–Trinajstić information content (AvgIpc) is 2.61. The van der Waals surface area contributed by atoms with Crippen molar-refractivity contribution in [3.63, 3.8) is 0 Å². The van der Waals surface area contributed by atoms with Gasteiger partial charge in [0.25, 0.3) is 0 Å². The third-order valence-corrected chi connectivity index (χ3v) is 4.41. The summed E-state index contributed by atoms with van der Waals surface area (Å²) in [4.78, 5) is 20.1. The first-order valence-electron chi connectivity index (χ1n) is 8.41. The Bertz CT molecular complexity index is 757. The average molecular weight is 345 g/mol. The van der Waals surface area contributed by atoms with Crippen molar-refractivity contribution in [3.05, 3.63) is 18.3 Å². The SMILES string of the molecule is COc1cc2ncc(N[C@H]3CC[C@H](OC(C)=O)CC3)nc2cc1OC. The van der Waals surface area contributed by atoms with E-state index in [1.807, 2.05) is 12.1 Å². The number of hydrogen-bond acceptors (Lipinski definition) is 7. The Morgan fingerprint density at radius 1 is 1.08 bits per heavy atom. The number of fused-ring (bicyclic) bond motifs is 1. The zero-order valence-corrected chi connectivity index (χ0v) is 14.7. The highest BCUT2D eigenvalue weighted by Crippen LogP contribution is 2.31. The lowest BCUT2D eigenvalue weighted by molar-refractivity contribution is -0.147. The van der Waals surface area contributed by atoms with E-state index in [2.05, 4.69) is 15.3 Å². The van der Waals surface area contributed by atoms with Crippen LogP contribution in [0.2, 0.25) is 0 Å². The molecule has 7 nitrogen and oxygen atoms in total. The molecule has 3 rings (SSSR count). The number of ether oxygens (including phenoxy) is 3. The molecule has 2 aromatic rings. The highest BCUT2D eigenvalue weighted by Gasteiger charge is 2.23. The van der Waals surface area contributed by atoms with Crippen molar-refractivity contribution in [3.8, 4) is 11.5 Å². The summed E-state index contributed by atoms with van der Waals surface area (Å²) in [6, 6.07) is 3.94. The topological polar surface area (TPSA) is 82.6 Å². The summed E-state index contributed by atoms with van der Waals surface area (Å²) in [5.74, 6) is 1.79. The number of nitrogens with one attached hydrogen (secondary N) is 1. The van der Waals surface area contributed by atoms with Gasteiger partial charge in [-0.15, -0.1) is 0 Å². The zero-order chi connectivity index (χ0) is 17.8. The van der Waals surface area contributed by atoms with Gasteiger partial charge in [0.2, 0.25) is 0 Å². The predicted molar refractivity (Wildman–Crippen MR) is 94.1 cm³/mol. The second-order valence-corrected chi connectivity index (χ2v) is 6.18. The highest BCUT2D eigenvalue weighted by atomic mass is 16.5. The first kappa shape index (κ1) is 17.3. The minimum Gasteiger partial charge on any atom is -0.493 e. The summed E-state index contributed by atoms with van der Waals surface area (Å²) >= 11 is 0. The summed E-state index contributed by atoms with van der Waals surface area (Å²) in [7, 11) is 3.19. The molecule has 0 amide bonds. The minimum atomic E-state index is -0.207. The smallest absolute Gasteiger partial charge is 0.302 e. The van der Waals surface area contributed by atoms with Gasteiger partial charge in [0.1, 0.15) is 11.9 Å². The second-order valence-electron chi connectivity index (χ2n) is 6.18. The van der Waals surface area contributed by atoms with E-state index >= 15 is 0 Å². The van der Waals surface area contributed by atoms with E-state index < -0.39 is 0 Å². The van der Waals surface area contributed by atoms with Crippen LogP contribution in [0.4, 0.5) is 5.82 Å². The van der Waals surface area contributed by atoms with Crippen molar-refractivity contribution in [2.75, 3.05) is 19.5 Å². The lowest BCUT2D eigenvalue weighted by Crippen LogP contribution is -2.30. The second kappa shape index (κ2) is 7.55. The van der Waals surface area contributed by atoms with Crippen molar-refractivity contribution >= 4 is 22.8 Å². The molecule has 1 heterocycles. The van der Waals surface area contributed by atoms with Crippen LogP contribution in [0.1, 0.15) is 32.6 Å². The lowest BCUT2D eigenvalue weighted by Gasteiger charge is -2.28. The van der Waals surface area contributed by atoms with Crippen molar-refractivity contribution in [2.24, 2.45) is 0 Å². The molecule has 1 N–H and O–H groups in total. The molecule has 1 aromatic heterocycles. The molecule has 0 saturated heterocycles. The molecule has 134 valence electrons. The van der Waals surface area contributed by atoms with Gasteiger partial charge in [0.05, 0.1) is 31.4 Å². The minimum absolute atomic E-state index is 0.0370. The van der Waals surface area contributed by atoms with Gasteiger partial charge >= 0.3 is 5.97 Å². The highest BCUT2D eigenvalue weighted by molar-refractivity contribution is 5.80. The fourth-order valence-electron chi connectivity index (χ4n) is 3.18. The standard InChI is InChI=1S/C18H23N3O4/c1-11(22)25-13-6-4-12(5-7-13)20-18-10-19-14-8-16(23-2)17(24-3)9-15(14)21-18/h8-10,12-13H,4-7H2,1-3H3,(H,20,21)/t12-,13-. The third kappa shape index (κ3) is 4.10. The van der Waals surface area contributed by atoms with Gasteiger partial charge in [-0.3, -0.25) is 9.78 Å². The Hall–Kier alpha value is -2.57. The first-order valence-corrected chi connectivity index (χ1v) is 8.41. The van der Waals surface area contributed by atoms with E-state index in [4.69, 9.17) is 14.2 Å². The maximum atomic E-state index is 11.0. The fourth-order valence-corrected chi connectivity index (χ4v) is 3.18. The van der Waals surface area contributed by atoms with Crippen molar-refractivity contribution in [1.29, 1.82) is 0 Å². The Morgan fingerprint density at radius 3 is 2.32 bits per heavy atom. The molecule has 1 aromatic carbocycles. The van der Waals surface area contributed by atoms with Gasteiger partial charge in [0, 0.05) is 25.1 Å². The molecule has 1 aliphatic rings. The third-order valence-electron chi connectivity index (χ3n) is 4.41. The van der Waals surface area contributed by atoms with Crippen LogP contribution in [0.25, 0.3) is 11.0 Å². The van der Waals surface area contributed by atoms with Gasteiger partial charge in [-0.05, 0) is 25.7 Å². The van der Waals surface area contributed by atoms with Crippen LogP contribution in [-0.2, 0) is 9.53 Å². The fraction of sp³-hybridized carbons (Fsp3) is 0.500. The molecular weight excluding hydrogens is 322 g/mol. The molecule has 7 heteroatoms. The molecule has 0 spiro atoms. The Morgan fingerprint density at radius 2 is 1.72 bits per heavy atom. The molecule has 25 heavy (non-hydrogen) atoms. The largest absolute Gasteiger partial charge is 0.493 e. The van der Waals surface area contributed by atoms with E-state index in [9.17, 15) is 4.79 Å². The number of rotatable bonds is 5. The van der Waals surface area contributed by atoms with Gasteiger partial charge in [-0.25, -0.2) is 4.98 Å². The Kier molecular flexibility index (Phi) is 5.21. The number of anilines is 1. The number of esters is 1. The van der Waals surface area contributed by atoms with Gasteiger partial charge < -0.3 is 19.5 Å². The first-order chi connectivity index (χ1) is 12.1. The monoisotopic (exact) mass is 345 g/mol. The number of benzene rings is 1. The van der Waals surface area contributed by atoms with Crippen LogP contribution in [0.15, 0.2) is 18.3 Å². The lowest BCUT2D eigenvalue weighted by atomic mass is 9.93. The normalized spacial score (nSPS) is 20.1. The van der Waals surface area contributed by atoms with Crippen LogP contribution in [0, 0.1) is 0 Å². The molecule has 0 atom stereocenters. The van der Waals surface area contributed by atoms with Gasteiger partial charge in [0.15, 0.2) is 11.5 Å². The van der Waals surface area contributed by atoms with E-state index in [-0.39, 0.29) is 12.1 Å². The van der Waals surface area contributed by atoms with E-state index in [0.717, 1.165) is 42.5 Å². The maximum absolute atomic E-state index is 11.0. The maximum Gasteiger partial charge on any atom is 0.302 e.